The number of anilines is 1. The third-order valence-corrected chi connectivity index (χ3v) is 7.09. The predicted molar refractivity (Wildman–Crippen MR) is 113 cm³/mol. The first-order chi connectivity index (χ1) is 13.9. The lowest BCUT2D eigenvalue weighted by Crippen LogP contribution is -2.40. The molecule has 0 bridgehead atoms. The van der Waals surface area contributed by atoms with Crippen molar-refractivity contribution in [1.82, 2.24) is 4.31 Å². The maximum Gasteiger partial charge on any atom is 0.262 e. The Morgan fingerprint density at radius 2 is 1.97 bits per heavy atom. The molecule has 1 amide bonds. The second-order valence-electron chi connectivity index (χ2n) is 6.51. The van der Waals surface area contributed by atoms with Crippen LogP contribution in [0.15, 0.2) is 52.3 Å². The van der Waals surface area contributed by atoms with Crippen molar-refractivity contribution in [2.75, 3.05) is 44.5 Å². The van der Waals surface area contributed by atoms with Crippen molar-refractivity contribution in [2.24, 2.45) is 0 Å². The van der Waals surface area contributed by atoms with Crippen LogP contribution in [0, 0.1) is 6.92 Å². The lowest BCUT2D eigenvalue weighted by atomic mass is 10.2. The van der Waals surface area contributed by atoms with E-state index < -0.39 is 10.0 Å². The van der Waals surface area contributed by atoms with Gasteiger partial charge in [0.2, 0.25) is 10.0 Å². The van der Waals surface area contributed by atoms with E-state index in [0.29, 0.717) is 43.3 Å². The summed E-state index contributed by atoms with van der Waals surface area (Å²) in [7, 11) is -3.56. The van der Waals surface area contributed by atoms with Gasteiger partial charge in [-0.2, -0.15) is 4.31 Å². The van der Waals surface area contributed by atoms with Gasteiger partial charge >= 0.3 is 0 Å². The Balaban J connectivity index is 1.62. The second kappa shape index (κ2) is 9.62. The van der Waals surface area contributed by atoms with Crippen molar-refractivity contribution in [3.8, 4) is 5.75 Å². The Kier molecular flexibility index (Phi) is 7.18. The number of sulfonamides is 1. The van der Waals surface area contributed by atoms with Crippen LogP contribution in [-0.4, -0.2) is 57.8 Å². The van der Waals surface area contributed by atoms with Crippen LogP contribution in [0.1, 0.15) is 5.56 Å². The Morgan fingerprint density at radius 1 is 1.21 bits per heavy atom. The highest BCUT2D eigenvalue weighted by Gasteiger charge is 2.26. The number of rotatable bonds is 7. The summed E-state index contributed by atoms with van der Waals surface area (Å²) < 4.78 is 37.7. The first-order valence-electron chi connectivity index (χ1n) is 9.15. The molecule has 2 aromatic rings. The molecule has 9 heteroatoms. The van der Waals surface area contributed by atoms with Crippen molar-refractivity contribution in [2.45, 2.75) is 16.7 Å². The number of nitrogens with one attached hydrogen (secondary N) is 1. The Morgan fingerprint density at radius 3 is 2.66 bits per heavy atom. The number of hydrogen-bond donors (Lipinski definition) is 1. The summed E-state index contributed by atoms with van der Waals surface area (Å²) in [5, 5.41) is 2.79. The number of morpholine rings is 1. The number of ether oxygens (including phenoxy) is 2. The van der Waals surface area contributed by atoms with E-state index in [1.807, 2.05) is 30.5 Å². The van der Waals surface area contributed by atoms with Crippen molar-refractivity contribution in [3.05, 3.63) is 48.0 Å². The highest BCUT2D eigenvalue weighted by Crippen LogP contribution is 2.25. The summed E-state index contributed by atoms with van der Waals surface area (Å²) in [4.78, 5) is 13.4. The Bertz CT molecular complexity index is 973. The zero-order valence-electron chi connectivity index (χ0n) is 16.4. The molecule has 0 aliphatic carbocycles. The maximum atomic E-state index is 12.7. The monoisotopic (exact) mass is 436 g/mol. The highest BCUT2D eigenvalue weighted by atomic mass is 32.2. The van der Waals surface area contributed by atoms with Crippen molar-refractivity contribution < 1.29 is 22.7 Å². The van der Waals surface area contributed by atoms with E-state index in [0.717, 1.165) is 4.90 Å². The third-order valence-electron chi connectivity index (χ3n) is 4.47. The number of nitrogens with zero attached hydrogens (tertiary/aromatic N) is 1. The minimum atomic E-state index is -3.56. The van der Waals surface area contributed by atoms with Crippen LogP contribution in [0.2, 0.25) is 0 Å². The van der Waals surface area contributed by atoms with Crippen LogP contribution < -0.4 is 10.1 Å². The van der Waals surface area contributed by atoms with Crippen LogP contribution >= 0.6 is 11.8 Å². The van der Waals surface area contributed by atoms with Gasteiger partial charge in [0.15, 0.2) is 6.61 Å². The smallest absolute Gasteiger partial charge is 0.262 e. The van der Waals surface area contributed by atoms with Gasteiger partial charge in [0.1, 0.15) is 5.75 Å². The van der Waals surface area contributed by atoms with Crippen LogP contribution in [-0.2, 0) is 19.6 Å². The number of aryl methyl sites for hydroxylation is 1. The first kappa shape index (κ1) is 21.6. The van der Waals surface area contributed by atoms with E-state index in [9.17, 15) is 13.2 Å². The summed E-state index contributed by atoms with van der Waals surface area (Å²) >= 11 is 1.59. The largest absolute Gasteiger partial charge is 0.483 e. The number of carbonyl (C=O) groups is 1. The molecule has 1 aliphatic heterocycles. The molecule has 0 aromatic heterocycles. The average Bonchev–Trinajstić information content (AvgIpc) is 2.73. The highest BCUT2D eigenvalue weighted by molar-refractivity contribution is 7.98. The minimum absolute atomic E-state index is 0.167. The summed E-state index contributed by atoms with van der Waals surface area (Å²) in [6, 6.07) is 12.2. The van der Waals surface area contributed by atoms with Gasteiger partial charge in [-0.05, 0) is 55.1 Å². The van der Waals surface area contributed by atoms with Crippen molar-refractivity contribution in [1.29, 1.82) is 0 Å². The number of thioether (sulfide) groups is 1. The topological polar surface area (TPSA) is 84.9 Å². The molecular weight excluding hydrogens is 412 g/mol. The van der Waals surface area contributed by atoms with Gasteiger partial charge in [-0.25, -0.2) is 8.42 Å². The molecule has 1 heterocycles. The van der Waals surface area contributed by atoms with Gasteiger partial charge in [0, 0.05) is 23.7 Å². The standard InChI is InChI=1S/C20H24N2O5S2/c1-15-12-18(29(24,25)22-8-10-26-11-9-22)6-7-19(15)27-14-20(23)21-16-4-3-5-17(13-16)28-2/h3-7,12-13H,8-11,14H2,1-2H3,(H,21,23). The molecule has 1 saturated heterocycles. The van der Waals surface area contributed by atoms with E-state index in [1.54, 1.807) is 30.8 Å². The summed E-state index contributed by atoms with van der Waals surface area (Å²) in [6.07, 6.45) is 1.97. The predicted octanol–water partition coefficient (Wildman–Crippen LogP) is 2.76. The van der Waals surface area contributed by atoms with Crippen LogP contribution in [0.5, 0.6) is 5.75 Å². The third kappa shape index (κ3) is 5.51. The van der Waals surface area contributed by atoms with Gasteiger partial charge in [-0.3, -0.25) is 4.79 Å². The van der Waals surface area contributed by atoms with E-state index in [1.165, 1.54) is 10.4 Å². The molecular formula is C20H24N2O5S2. The number of amides is 1. The fourth-order valence-corrected chi connectivity index (χ4v) is 4.87. The van der Waals surface area contributed by atoms with Gasteiger partial charge < -0.3 is 14.8 Å². The zero-order chi connectivity index (χ0) is 20.9. The lowest BCUT2D eigenvalue weighted by Gasteiger charge is -2.26. The molecule has 0 radical (unpaired) electrons. The number of benzene rings is 2. The van der Waals surface area contributed by atoms with Gasteiger partial charge in [0.25, 0.3) is 5.91 Å². The molecule has 1 fully saturated rings. The fourth-order valence-electron chi connectivity index (χ4n) is 2.92. The van der Waals surface area contributed by atoms with Crippen molar-refractivity contribution >= 4 is 33.4 Å². The van der Waals surface area contributed by atoms with Crippen molar-refractivity contribution in [3.63, 3.8) is 0 Å². The zero-order valence-corrected chi connectivity index (χ0v) is 18.0. The van der Waals surface area contributed by atoms with Gasteiger partial charge in [-0.15, -0.1) is 11.8 Å². The molecule has 1 N–H and O–H groups in total. The van der Waals surface area contributed by atoms with E-state index in [4.69, 9.17) is 9.47 Å². The Labute approximate surface area is 175 Å². The van der Waals surface area contributed by atoms with Gasteiger partial charge in [-0.1, -0.05) is 6.07 Å². The lowest BCUT2D eigenvalue weighted by molar-refractivity contribution is -0.118. The average molecular weight is 437 g/mol. The quantitative estimate of drug-likeness (QED) is 0.672. The van der Waals surface area contributed by atoms with E-state index in [-0.39, 0.29) is 17.4 Å². The number of carbonyl (C=O) groups excluding carboxylic acids is 1. The van der Waals surface area contributed by atoms with Crippen LogP contribution in [0.4, 0.5) is 5.69 Å². The Hall–Kier alpha value is -2.07. The molecule has 29 heavy (non-hydrogen) atoms. The molecule has 0 spiro atoms. The normalized spacial score (nSPS) is 15.1. The van der Waals surface area contributed by atoms with Crippen LogP contribution in [0.3, 0.4) is 0 Å². The maximum absolute atomic E-state index is 12.7. The summed E-state index contributed by atoms with van der Waals surface area (Å²) in [6.45, 7) is 3.07. The molecule has 156 valence electrons. The summed E-state index contributed by atoms with van der Waals surface area (Å²) in [5.41, 5.74) is 1.35. The molecule has 7 nitrogen and oxygen atoms in total. The molecule has 0 unspecified atom stereocenters. The van der Waals surface area contributed by atoms with Crippen LogP contribution in [0.25, 0.3) is 0 Å². The van der Waals surface area contributed by atoms with E-state index >= 15 is 0 Å². The molecule has 3 rings (SSSR count). The molecule has 1 aliphatic rings. The second-order valence-corrected chi connectivity index (χ2v) is 9.33. The minimum Gasteiger partial charge on any atom is -0.483 e. The number of hydrogen-bond acceptors (Lipinski definition) is 6. The fraction of sp³-hybridized carbons (Fsp3) is 0.350. The first-order valence-corrected chi connectivity index (χ1v) is 11.8. The summed E-state index contributed by atoms with van der Waals surface area (Å²) in [5.74, 6) is 0.187. The van der Waals surface area contributed by atoms with Gasteiger partial charge in [0.05, 0.1) is 18.1 Å². The molecule has 2 aromatic carbocycles. The van der Waals surface area contributed by atoms with E-state index in [2.05, 4.69) is 5.32 Å². The molecule has 0 atom stereocenters. The SMILES string of the molecule is CSc1cccc(NC(=O)COc2ccc(S(=O)(=O)N3CCOCC3)cc2C)c1. The molecule has 0 saturated carbocycles.